The van der Waals surface area contributed by atoms with Gasteiger partial charge in [-0.1, -0.05) is 6.07 Å². The van der Waals surface area contributed by atoms with Crippen LogP contribution in [-0.4, -0.2) is 65.0 Å². The first-order chi connectivity index (χ1) is 14.2. The molecule has 0 amide bonds. The van der Waals surface area contributed by atoms with Gasteiger partial charge < -0.3 is 15.5 Å². The monoisotopic (exact) mass is 436 g/mol. The first kappa shape index (κ1) is 22.1. The van der Waals surface area contributed by atoms with Crippen molar-refractivity contribution in [2.75, 3.05) is 6.61 Å². The second-order valence-corrected chi connectivity index (χ2v) is 8.07. The first-order valence-electron chi connectivity index (χ1n) is 9.18. The van der Waals surface area contributed by atoms with Crippen molar-refractivity contribution in [3.8, 4) is 11.4 Å². The maximum atomic E-state index is 11.0. The number of hydrogen-bond acceptors (Lipinski definition) is 9. The van der Waals surface area contributed by atoms with Crippen LogP contribution in [0, 0.1) is 5.92 Å². The van der Waals surface area contributed by atoms with Crippen molar-refractivity contribution < 1.29 is 22.8 Å². The number of hydrogen-bond donors (Lipinski definition) is 4. The molecule has 1 aliphatic carbocycles. The Morgan fingerprint density at radius 3 is 2.80 bits per heavy atom. The summed E-state index contributed by atoms with van der Waals surface area (Å²) in [6, 6.07) is 6.60. The molecule has 3 rings (SSSR count). The third kappa shape index (κ3) is 4.91. The molecule has 0 aliphatic heterocycles. The number of aliphatic hydroxyl groups excluding tert-OH is 2. The fraction of sp³-hybridized carbons (Fsp3) is 0.389. The average molecular weight is 436 g/mol. The summed E-state index contributed by atoms with van der Waals surface area (Å²) in [5.41, 5.74) is 1.25. The molecule has 0 bridgehead atoms. The van der Waals surface area contributed by atoms with E-state index in [0.717, 1.165) is 0 Å². The fourth-order valence-corrected chi connectivity index (χ4v) is 3.74. The first-order valence-corrected chi connectivity index (χ1v) is 10.7. The summed E-state index contributed by atoms with van der Waals surface area (Å²) in [4.78, 5) is 8.27. The van der Waals surface area contributed by atoms with E-state index in [0.29, 0.717) is 23.0 Å². The summed E-state index contributed by atoms with van der Waals surface area (Å²) < 4.78 is 28.1. The van der Waals surface area contributed by atoms with Gasteiger partial charge in [0.1, 0.15) is 17.6 Å². The van der Waals surface area contributed by atoms with Crippen LogP contribution in [0.25, 0.3) is 17.2 Å². The molecule has 162 valence electrons. The van der Waals surface area contributed by atoms with Crippen molar-refractivity contribution in [3.05, 3.63) is 36.5 Å². The number of allylic oxidation sites excluding steroid dienone is 1. The Kier molecular flexibility index (Phi) is 6.63. The third-order valence-electron chi connectivity index (χ3n) is 4.86. The van der Waals surface area contributed by atoms with Crippen LogP contribution in [0.5, 0.6) is 0 Å². The van der Waals surface area contributed by atoms with E-state index in [1.807, 2.05) is 12.1 Å². The standard InChI is InChI=1S/C18H24N6O5S/c1-3-15(22-14-8-11(17(25)18(14)26)10-29-30(19,27)28)24-16(20-2)9-13(23-24)12-6-4-5-7-21-12/h3-7,9,11,14,17-18,22,25-26H,2,8,10H2,1H3,(H2,19,27,28)/b15-3-/t11-,14-,17-,18+/m1/s1. The second-order valence-electron chi connectivity index (χ2n) is 6.85. The molecule has 0 unspecified atom stereocenters. The number of aromatic nitrogens is 3. The third-order valence-corrected chi connectivity index (χ3v) is 5.33. The molecule has 5 N–H and O–H groups in total. The molecule has 12 heteroatoms. The SMILES string of the molecule is C=Nc1cc(-c2ccccn2)nn1/C(=C\C)N[C@@H]1C[C@H](COS(N)(=O)=O)[C@@H](O)[C@H]1O. The molecule has 2 heterocycles. The molecular formula is C18H24N6O5S. The lowest BCUT2D eigenvalue weighted by Crippen LogP contribution is -2.40. The summed E-state index contributed by atoms with van der Waals surface area (Å²) >= 11 is 0. The second kappa shape index (κ2) is 9.02. The van der Waals surface area contributed by atoms with Crippen LogP contribution in [0.15, 0.2) is 41.5 Å². The van der Waals surface area contributed by atoms with Gasteiger partial charge in [-0.2, -0.15) is 18.2 Å². The summed E-state index contributed by atoms with van der Waals surface area (Å²) in [7, 11) is -4.14. The van der Waals surface area contributed by atoms with Gasteiger partial charge in [-0.25, -0.2) is 10.1 Å². The summed E-state index contributed by atoms with van der Waals surface area (Å²) in [5, 5.41) is 33.2. The van der Waals surface area contributed by atoms with Crippen molar-refractivity contribution in [2.45, 2.75) is 31.6 Å². The Hall–Kier alpha value is -2.64. The minimum Gasteiger partial charge on any atom is -0.390 e. The molecule has 30 heavy (non-hydrogen) atoms. The molecule has 1 aliphatic rings. The smallest absolute Gasteiger partial charge is 0.333 e. The molecule has 0 saturated heterocycles. The van der Waals surface area contributed by atoms with E-state index in [1.54, 1.807) is 31.3 Å². The molecule has 0 aromatic carbocycles. The van der Waals surface area contributed by atoms with E-state index in [9.17, 15) is 18.6 Å². The maximum Gasteiger partial charge on any atom is 0.333 e. The van der Waals surface area contributed by atoms with Gasteiger partial charge in [0.05, 0.1) is 24.4 Å². The molecule has 1 fully saturated rings. The van der Waals surface area contributed by atoms with Crippen molar-refractivity contribution >= 4 is 28.7 Å². The van der Waals surface area contributed by atoms with Crippen LogP contribution in [0.1, 0.15) is 13.3 Å². The minimum absolute atomic E-state index is 0.250. The molecular weight excluding hydrogens is 412 g/mol. The quantitative estimate of drug-likeness (QED) is 0.420. The summed E-state index contributed by atoms with van der Waals surface area (Å²) in [5.74, 6) is 0.342. The van der Waals surface area contributed by atoms with Crippen LogP contribution >= 0.6 is 0 Å². The van der Waals surface area contributed by atoms with Crippen molar-refractivity contribution in [2.24, 2.45) is 16.0 Å². The molecule has 0 radical (unpaired) electrons. The lowest BCUT2D eigenvalue weighted by Gasteiger charge is -2.21. The Bertz CT molecular complexity index is 1020. The Morgan fingerprint density at radius 2 is 2.20 bits per heavy atom. The Balaban J connectivity index is 1.79. The topological polar surface area (TPSA) is 165 Å². The minimum atomic E-state index is -4.14. The summed E-state index contributed by atoms with van der Waals surface area (Å²) in [6.45, 7) is 5.02. The number of aliphatic imine (C=N–C) groups is 1. The van der Waals surface area contributed by atoms with Gasteiger partial charge in [0, 0.05) is 18.2 Å². The van der Waals surface area contributed by atoms with E-state index in [4.69, 9.17) is 5.14 Å². The Morgan fingerprint density at radius 1 is 1.43 bits per heavy atom. The maximum absolute atomic E-state index is 11.0. The number of rotatable bonds is 8. The number of nitrogens with two attached hydrogens (primary N) is 1. The predicted molar refractivity (Wildman–Crippen MR) is 111 cm³/mol. The van der Waals surface area contributed by atoms with E-state index in [2.05, 4.69) is 31.3 Å². The molecule has 1 saturated carbocycles. The normalized spacial score (nSPS) is 24.7. The van der Waals surface area contributed by atoms with Gasteiger partial charge >= 0.3 is 10.3 Å². The molecule has 2 aromatic rings. The predicted octanol–water partition coefficient (Wildman–Crippen LogP) is 0.0155. The average Bonchev–Trinajstić information content (AvgIpc) is 3.27. The Labute approximate surface area is 174 Å². The van der Waals surface area contributed by atoms with E-state index >= 15 is 0 Å². The van der Waals surface area contributed by atoms with Gasteiger partial charge in [-0.05, 0) is 38.3 Å². The zero-order chi connectivity index (χ0) is 21.9. The van der Waals surface area contributed by atoms with Gasteiger partial charge in [0.25, 0.3) is 0 Å². The van der Waals surface area contributed by atoms with Gasteiger partial charge in [0.2, 0.25) is 0 Å². The lowest BCUT2D eigenvalue weighted by atomic mass is 10.1. The van der Waals surface area contributed by atoms with E-state index in [-0.39, 0.29) is 13.0 Å². The highest BCUT2D eigenvalue weighted by Crippen LogP contribution is 2.30. The largest absolute Gasteiger partial charge is 0.390 e. The number of nitrogens with one attached hydrogen (secondary N) is 1. The molecule has 11 nitrogen and oxygen atoms in total. The highest BCUT2D eigenvalue weighted by Gasteiger charge is 2.42. The number of pyridine rings is 1. The van der Waals surface area contributed by atoms with E-state index in [1.165, 1.54) is 4.68 Å². The van der Waals surface area contributed by atoms with Crippen molar-refractivity contribution in [1.82, 2.24) is 20.1 Å². The molecule has 0 spiro atoms. The summed E-state index contributed by atoms with van der Waals surface area (Å²) in [6.07, 6.45) is 1.31. The molecule has 4 atom stereocenters. The van der Waals surface area contributed by atoms with Crippen LogP contribution in [0.3, 0.4) is 0 Å². The zero-order valence-electron chi connectivity index (χ0n) is 16.3. The highest BCUT2D eigenvalue weighted by molar-refractivity contribution is 7.84. The number of aliphatic hydroxyl groups is 2. The fourth-order valence-electron chi connectivity index (χ4n) is 3.37. The van der Waals surface area contributed by atoms with Crippen LogP contribution < -0.4 is 10.5 Å². The number of nitrogens with zero attached hydrogens (tertiary/aromatic N) is 4. The van der Waals surface area contributed by atoms with Gasteiger partial charge in [0.15, 0.2) is 5.82 Å². The van der Waals surface area contributed by atoms with E-state index < -0.39 is 34.5 Å². The molecule has 2 aromatic heterocycles. The van der Waals surface area contributed by atoms with Crippen LogP contribution in [-0.2, 0) is 14.5 Å². The van der Waals surface area contributed by atoms with Gasteiger partial charge in [-0.15, -0.1) is 0 Å². The van der Waals surface area contributed by atoms with Crippen LogP contribution in [0.4, 0.5) is 5.82 Å². The van der Waals surface area contributed by atoms with Crippen molar-refractivity contribution in [3.63, 3.8) is 0 Å². The lowest BCUT2D eigenvalue weighted by molar-refractivity contribution is 0.00412. The zero-order valence-corrected chi connectivity index (χ0v) is 17.1. The van der Waals surface area contributed by atoms with Gasteiger partial charge in [-0.3, -0.25) is 9.17 Å². The highest BCUT2D eigenvalue weighted by atomic mass is 32.2. The van der Waals surface area contributed by atoms with Crippen LogP contribution in [0.2, 0.25) is 0 Å². The van der Waals surface area contributed by atoms with Crippen molar-refractivity contribution in [1.29, 1.82) is 0 Å².